The van der Waals surface area contributed by atoms with Gasteiger partial charge in [0.2, 0.25) is 11.6 Å². The first-order valence-corrected chi connectivity index (χ1v) is 11.2. The van der Waals surface area contributed by atoms with Crippen LogP contribution in [0.25, 0.3) is 0 Å². The van der Waals surface area contributed by atoms with Gasteiger partial charge in [-0.05, 0) is 49.2 Å². The van der Waals surface area contributed by atoms with E-state index in [-0.39, 0.29) is 18.6 Å². The number of aromatic nitrogens is 2. The Labute approximate surface area is 210 Å². The second kappa shape index (κ2) is 10.7. The molecule has 10 heteroatoms. The van der Waals surface area contributed by atoms with Crippen LogP contribution < -0.4 is 14.8 Å². The summed E-state index contributed by atoms with van der Waals surface area (Å²) in [5.74, 6) is -7.14. The maximum Gasteiger partial charge on any atom is 0.255 e. The maximum absolute atomic E-state index is 13.8. The first kappa shape index (κ1) is 25.7. The van der Waals surface area contributed by atoms with E-state index in [1.54, 1.807) is 18.7 Å². The largest absolute Gasteiger partial charge is 0.497 e. The number of hydrogen-bond donors (Lipinski definition) is 1. The molecule has 0 aliphatic carbocycles. The average molecular weight is 513 g/mol. The quantitative estimate of drug-likeness (QED) is 0.234. The Kier molecular flexibility index (Phi) is 7.47. The zero-order valence-electron chi connectivity index (χ0n) is 20.2. The molecular weight excluding hydrogens is 490 g/mol. The molecule has 0 fully saturated rings. The molecule has 0 unspecified atom stereocenters. The van der Waals surface area contributed by atoms with Crippen LogP contribution >= 0.6 is 0 Å². The fourth-order valence-electron chi connectivity index (χ4n) is 3.75. The number of halogens is 4. The summed E-state index contributed by atoms with van der Waals surface area (Å²) in [7, 11) is 1.60. The molecule has 37 heavy (non-hydrogen) atoms. The van der Waals surface area contributed by atoms with Crippen molar-refractivity contribution in [1.29, 1.82) is 0 Å². The Morgan fingerprint density at radius 3 is 2.27 bits per heavy atom. The Morgan fingerprint density at radius 2 is 1.62 bits per heavy atom. The fourth-order valence-corrected chi connectivity index (χ4v) is 3.75. The summed E-state index contributed by atoms with van der Waals surface area (Å²) in [5.41, 5.74) is 3.73. The maximum atomic E-state index is 13.8. The lowest BCUT2D eigenvalue weighted by molar-refractivity contribution is 0.102. The van der Waals surface area contributed by atoms with Crippen LogP contribution in [0.1, 0.15) is 32.9 Å². The second-order valence-electron chi connectivity index (χ2n) is 8.29. The lowest BCUT2D eigenvalue weighted by Crippen LogP contribution is -2.13. The molecule has 0 saturated heterocycles. The number of carbonyl (C=O) groups excluding carboxylic acids is 1. The molecule has 0 bridgehead atoms. The van der Waals surface area contributed by atoms with Gasteiger partial charge in [0.15, 0.2) is 17.4 Å². The van der Waals surface area contributed by atoms with E-state index in [1.807, 2.05) is 31.2 Å². The van der Waals surface area contributed by atoms with E-state index in [2.05, 4.69) is 10.4 Å². The number of aryl methyl sites for hydroxylation is 1. The lowest BCUT2D eigenvalue weighted by atomic mass is 10.1. The smallest absolute Gasteiger partial charge is 0.255 e. The van der Waals surface area contributed by atoms with Crippen LogP contribution in [-0.2, 0) is 13.2 Å². The molecule has 0 spiro atoms. The first-order valence-electron chi connectivity index (χ1n) is 11.2. The summed E-state index contributed by atoms with van der Waals surface area (Å²) in [6, 6.07) is 13.7. The molecule has 6 nitrogen and oxygen atoms in total. The van der Waals surface area contributed by atoms with E-state index in [4.69, 9.17) is 9.47 Å². The molecule has 4 rings (SSSR count). The van der Waals surface area contributed by atoms with Gasteiger partial charge in [-0.1, -0.05) is 24.3 Å². The Hall–Kier alpha value is -4.34. The van der Waals surface area contributed by atoms with Crippen LogP contribution in [0.5, 0.6) is 11.5 Å². The van der Waals surface area contributed by atoms with Gasteiger partial charge in [0.25, 0.3) is 5.91 Å². The average Bonchev–Trinajstić information content (AvgIpc) is 3.15. The zero-order valence-corrected chi connectivity index (χ0v) is 20.2. The predicted octanol–water partition coefficient (Wildman–Crippen LogP) is 5.94. The lowest BCUT2D eigenvalue weighted by Gasteiger charge is -2.10. The Morgan fingerprint density at radius 1 is 0.946 bits per heavy atom. The van der Waals surface area contributed by atoms with Gasteiger partial charge < -0.3 is 14.8 Å². The van der Waals surface area contributed by atoms with Gasteiger partial charge in [-0.25, -0.2) is 8.78 Å². The number of hydrogen-bond acceptors (Lipinski definition) is 4. The molecule has 0 aliphatic rings. The minimum absolute atomic E-state index is 0.108. The number of carbonyl (C=O) groups is 1. The summed E-state index contributed by atoms with van der Waals surface area (Å²) >= 11 is 0. The van der Waals surface area contributed by atoms with Crippen molar-refractivity contribution < 1.29 is 31.8 Å². The summed E-state index contributed by atoms with van der Waals surface area (Å²) in [6.45, 7) is 3.76. The third-order valence-electron chi connectivity index (χ3n) is 5.76. The van der Waals surface area contributed by atoms with Crippen molar-refractivity contribution in [2.45, 2.75) is 27.0 Å². The molecule has 0 atom stereocenters. The second-order valence-corrected chi connectivity index (χ2v) is 8.29. The van der Waals surface area contributed by atoms with Crippen LogP contribution in [0.4, 0.5) is 23.2 Å². The molecule has 1 heterocycles. The topological polar surface area (TPSA) is 65.4 Å². The summed E-state index contributed by atoms with van der Waals surface area (Å²) < 4.78 is 66.2. The van der Waals surface area contributed by atoms with E-state index in [0.29, 0.717) is 29.1 Å². The fraction of sp³-hybridized carbons (Fsp3) is 0.185. The summed E-state index contributed by atoms with van der Waals surface area (Å²) in [5, 5.41) is 7.40. The first-order chi connectivity index (χ1) is 17.7. The highest BCUT2D eigenvalue weighted by atomic mass is 19.2. The van der Waals surface area contributed by atoms with Gasteiger partial charge in [-0.2, -0.15) is 13.9 Å². The number of benzene rings is 3. The van der Waals surface area contributed by atoms with E-state index in [9.17, 15) is 22.4 Å². The van der Waals surface area contributed by atoms with Crippen molar-refractivity contribution in [3.05, 3.63) is 106 Å². The van der Waals surface area contributed by atoms with Crippen molar-refractivity contribution in [1.82, 2.24) is 9.78 Å². The number of methoxy groups -OCH3 is 1. The van der Waals surface area contributed by atoms with Crippen molar-refractivity contribution in [3.63, 3.8) is 0 Å². The van der Waals surface area contributed by atoms with E-state index < -0.39 is 29.0 Å². The molecule has 3 aromatic carbocycles. The zero-order chi connectivity index (χ0) is 26.7. The van der Waals surface area contributed by atoms with Gasteiger partial charge in [0, 0.05) is 11.6 Å². The summed E-state index contributed by atoms with van der Waals surface area (Å²) in [4.78, 5) is 12.8. The molecule has 1 amide bonds. The van der Waals surface area contributed by atoms with Crippen molar-refractivity contribution in [2.24, 2.45) is 0 Å². The molecular formula is C27H23F4N3O3. The standard InChI is InChI=1S/C27H23F4N3O3/c1-15-25(16(2)34(33-15)13-18-5-4-6-20(11-18)36-3)32-27(35)19-9-7-17(8-10-19)14-37-26-23(30)21(28)12-22(29)24(26)31/h4-12H,13-14H2,1-3H3,(H,32,35). The molecule has 1 aromatic heterocycles. The normalized spacial score (nSPS) is 10.9. The van der Waals surface area contributed by atoms with Crippen molar-refractivity contribution in [3.8, 4) is 11.5 Å². The number of amides is 1. The highest BCUT2D eigenvalue weighted by Crippen LogP contribution is 2.27. The third kappa shape index (κ3) is 5.58. The third-order valence-corrected chi connectivity index (χ3v) is 5.76. The number of ether oxygens (including phenoxy) is 2. The van der Waals surface area contributed by atoms with Crippen LogP contribution in [0.15, 0.2) is 54.6 Å². The van der Waals surface area contributed by atoms with Gasteiger partial charge in [-0.15, -0.1) is 0 Å². The van der Waals surface area contributed by atoms with Crippen LogP contribution in [0.2, 0.25) is 0 Å². The van der Waals surface area contributed by atoms with Crippen molar-refractivity contribution in [2.75, 3.05) is 12.4 Å². The van der Waals surface area contributed by atoms with Crippen LogP contribution in [0.3, 0.4) is 0 Å². The minimum Gasteiger partial charge on any atom is -0.497 e. The predicted molar refractivity (Wildman–Crippen MR) is 129 cm³/mol. The Balaban J connectivity index is 1.43. The molecule has 0 saturated carbocycles. The number of rotatable bonds is 8. The number of nitrogens with one attached hydrogen (secondary N) is 1. The highest BCUT2D eigenvalue weighted by Gasteiger charge is 2.21. The monoisotopic (exact) mass is 513 g/mol. The number of nitrogens with zero attached hydrogens (tertiary/aromatic N) is 2. The summed E-state index contributed by atoms with van der Waals surface area (Å²) in [6.07, 6.45) is 0. The van der Waals surface area contributed by atoms with Gasteiger partial charge in [0.1, 0.15) is 12.4 Å². The molecule has 0 aliphatic heterocycles. The SMILES string of the molecule is COc1cccc(Cn2nc(C)c(NC(=O)c3ccc(COc4c(F)c(F)cc(F)c4F)cc3)c2C)c1. The van der Waals surface area contributed by atoms with Crippen molar-refractivity contribution >= 4 is 11.6 Å². The molecule has 192 valence electrons. The van der Waals surface area contributed by atoms with Gasteiger partial charge in [0.05, 0.1) is 30.7 Å². The van der Waals surface area contributed by atoms with Gasteiger partial charge in [-0.3, -0.25) is 9.48 Å². The minimum atomic E-state index is -1.62. The van der Waals surface area contributed by atoms with E-state index in [0.717, 1.165) is 17.0 Å². The van der Waals surface area contributed by atoms with Crippen LogP contribution in [-0.4, -0.2) is 22.8 Å². The van der Waals surface area contributed by atoms with Gasteiger partial charge >= 0.3 is 0 Å². The molecule has 4 aromatic rings. The van der Waals surface area contributed by atoms with E-state index in [1.165, 1.54) is 24.3 Å². The molecule has 1 N–H and O–H groups in total. The molecule has 0 radical (unpaired) electrons. The highest BCUT2D eigenvalue weighted by molar-refractivity contribution is 6.04. The Bertz CT molecular complexity index is 1430. The van der Waals surface area contributed by atoms with Crippen LogP contribution in [0, 0.1) is 37.1 Å². The van der Waals surface area contributed by atoms with E-state index >= 15 is 0 Å². The number of anilines is 1.